The molecule has 2 rings (SSSR count). The van der Waals surface area contributed by atoms with Crippen molar-refractivity contribution in [1.29, 1.82) is 0 Å². The zero-order chi connectivity index (χ0) is 13.5. The van der Waals surface area contributed by atoms with Crippen molar-refractivity contribution in [2.75, 3.05) is 13.2 Å². The van der Waals surface area contributed by atoms with E-state index < -0.39 is 0 Å². The fourth-order valence-electron chi connectivity index (χ4n) is 2.98. The summed E-state index contributed by atoms with van der Waals surface area (Å²) >= 11 is 0. The molecule has 1 saturated carbocycles. The Labute approximate surface area is 117 Å². The van der Waals surface area contributed by atoms with Gasteiger partial charge in [0.1, 0.15) is 12.4 Å². The standard InChI is InChI=1S/C17H27NO/c1-3-15-7-5-8-16(13-15)18-10-11-19-17-9-4-6-14(2)12-17/h4,6,9,12,15-16,18H,3,5,7-8,10-11,13H2,1-2H3. The molecule has 0 aliphatic heterocycles. The molecule has 2 nitrogen and oxygen atoms in total. The minimum Gasteiger partial charge on any atom is -0.492 e. The summed E-state index contributed by atoms with van der Waals surface area (Å²) in [5.74, 6) is 1.92. The van der Waals surface area contributed by atoms with Gasteiger partial charge in [0.05, 0.1) is 0 Å². The summed E-state index contributed by atoms with van der Waals surface area (Å²) in [6, 6.07) is 8.97. The van der Waals surface area contributed by atoms with E-state index in [1.165, 1.54) is 37.7 Å². The lowest BCUT2D eigenvalue weighted by Crippen LogP contribution is -2.36. The molecule has 0 amide bonds. The first-order chi connectivity index (χ1) is 9.28. The van der Waals surface area contributed by atoms with E-state index >= 15 is 0 Å². The number of ether oxygens (including phenoxy) is 1. The summed E-state index contributed by atoms with van der Waals surface area (Å²) < 4.78 is 5.77. The summed E-state index contributed by atoms with van der Waals surface area (Å²) in [5.41, 5.74) is 1.25. The number of hydrogen-bond acceptors (Lipinski definition) is 2. The molecular formula is C17H27NO. The van der Waals surface area contributed by atoms with E-state index in [-0.39, 0.29) is 0 Å². The van der Waals surface area contributed by atoms with Gasteiger partial charge in [0, 0.05) is 12.6 Å². The van der Waals surface area contributed by atoms with Crippen LogP contribution in [-0.2, 0) is 0 Å². The number of rotatable bonds is 6. The molecule has 0 bridgehead atoms. The normalized spacial score (nSPS) is 23.3. The summed E-state index contributed by atoms with van der Waals surface area (Å²) in [4.78, 5) is 0. The second kappa shape index (κ2) is 7.54. The van der Waals surface area contributed by atoms with Crippen LogP contribution >= 0.6 is 0 Å². The van der Waals surface area contributed by atoms with Gasteiger partial charge in [0.2, 0.25) is 0 Å². The van der Waals surface area contributed by atoms with Crippen LogP contribution < -0.4 is 10.1 Å². The molecule has 1 aromatic carbocycles. The molecule has 106 valence electrons. The quantitative estimate of drug-likeness (QED) is 0.783. The molecule has 2 heteroatoms. The third-order valence-electron chi connectivity index (χ3n) is 4.15. The summed E-state index contributed by atoms with van der Waals surface area (Å²) in [6.07, 6.45) is 6.82. The lowest BCUT2D eigenvalue weighted by molar-refractivity contribution is 0.254. The molecule has 1 N–H and O–H groups in total. The van der Waals surface area contributed by atoms with Crippen molar-refractivity contribution in [1.82, 2.24) is 5.32 Å². The molecular weight excluding hydrogens is 234 g/mol. The Balaban J connectivity index is 1.64. The van der Waals surface area contributed by atoms with Crippen LogP contribution in [0.25, 0.3) is 0 Å². The van der Waals surface area contributed by atoms with Crippen molar-refractivity contribution in [3.63, 3.8) is 0 Å². The maximum atomic E-state index is 5.77. The van der Waals surface area contributed by atoms with Gasteiger partial charge in [-0.2, -0.15) is 0 Å². The van der Waals surface area contributed by atoms with Gasteiger partial charge in [0.25, 0.3) is 0 Å². The van der Waals surface area contributed by atoms with Crippen molar-refractivity contribution in [3.8, 4) is 5.75 Å². The van der Waals surface area contributed by atoms with Gasteiger partial charge in [-0.15, -0.1) is 0 Å². The summed E-state index contributed by atoms with van der Waals surface area (Å²) in [7, 11) is 0. The molecule has 0 saturated heterocycles. The Morgan fingerprint density at radius 1 is 1.32 bits per heavy atom. The summed E-state index contributed by atoms with van der Waals surface area (Å²) in [6.45, 7) is 6.12. The first-order valence-electron chi connectivity index (χ1n) is 7.70. The van der Waals surface area contributed by atoms with E-state index in [1.807, 2.05) is 12.1 Å². The van der Waals surface area contributed by atoms with Gasteiger partial charge in [-0.25, -0.2) is 0 Å². The Hall–Kier alpha value is -1.02. The number of hydrogen-bond donors (Lipinski definition) is 1. The second-order valence-electron chi connectivity index (χ2n) is 5.76. The highest BCUT2D eigenvalue weighted by Crippen LogP contribution is 2.26. The van der Waals surface area contributed by atoms with E-state index in [4.69, 9.17) is 4.74 Å². The molecule has 19 heavy (non-hydrogen) atoms. The molecule has 1 aliphatic carbocycles. The maximum Gasteiger partial charge on any atom is 0.119 e. The lowest BCUT2D eigenvalue weighted by atomic mass is 9.84. The molecule has 0 aromatic heterocycles. The molecule has 1 aromatic rings. The number of aryl methyl sites for hydroxylation is 1. The van der Waals surface area contributed by atoms with Crippen molar-refractivity contribution >= 4 is 0 Å². The molecule has 2 atom stereocenters. The zero-order valence-electron chi connectivity index (χ0n) is 12.3. The maximum absolute atomic E-state index is 5.77. The third-order valence-corrected chi connectivity index (χ3v) is 4.15. The minimum atomic E-state index is 0.708. The summed E-state index contributed by atoms with van der Waals surface area (Å²) in [5, 5.41) is 3.65. The molecule has 1 aliphatic rings. The van der Waals surface area contributed by atoms with Crippen LogP contribution in [0.4, 0.5) is 0 Å². The predicted octanol–water partition coefficient (Wildman–Crippen LogP) is 3.93. The van der Waals surface area contributed by atoms with E-state index in [0.717, 1.165) is 24.8 Å². The van der Waals surface area contributed by atoms with Crippen LogP contribution in [-0.4, -0.2) is 19.2 Å². The zero-order valence-corrected chi connectivity index (χ0v) is 12.3. The van der Waals surface area contributed by atoms with Crippen molar-refractivity contribution < 1.29 is 4.74 Å². The van der Waals surface area contributed by atoms with Gasteiger partial charge in [-0.05, 0) is 43.4 Å². The van der Waals surface area contributed by atoms with Gasteiger partial charge < -0.3 is 10.1 Å². The van der Waals surface area contributed by atoms with Gasteiger partial charge >= 0.3 is 0 Å². The fraction of sp³-hybridized carbons (Fsp3) is 0.647. The second-order valence-corrected chi connectivity index (χ2v) is 5.76. The average molecular weight is 261 g/mol. The fourth-order valence-corrected chi connectivity index (χ4v) is 2.98. The van der Waals surface area contributed by atoms with E-state index in [9.17, 15) is 0 Å². The third kappa shape index (κ3) is 4.87. The van der Waals surface area contributed by atoms with Gasteiger partial charge in [-0.1, -0.05) is 38.3 Å². The van der Waals surface area contributed by atoms with Crippen LogP contribution in [0.1, 0.15) is 44.6 Å². The first kappa shape index (κ1) is 14.4. The Morgan fingerprint density at radius 2 is 2.21 bits per heavy atom. The van der Waals surface area contributed by atoms with E-state index in [2.05, 4.69) is 31.3 Å². The van der Waals surface area contributed by atoms with Crippen molar-refractivity contribution in [2.24, 2.45) is 5.92 Å². The highest BCUT2D eigenvalue weighted by Gasteiger charge is 2.19. The topological polar surface area (TPSA) is 21.3 Å². The highest BCUT2D eigenvalue weighted by atomic mass is 16.5. The van der Waals surface area contributed by atoms with E-state index in [0.29, 0.717) is 6.04 Å². The predicted molar refractivity (Wildman–Crippen MR) is 80.7 cm³/mol. The largest absolute Gasteiger partial charge is 0.492 e. The highest BCUT2D eigenvalue weighted by molar-refractivity contribution is 5.27. The number of nitrogens with one attached hydrogen (secondary N) is 1. The molecule has 0 heterocycles. The molecule has 1 fully saturated rings. The van der Waals surface area contributed by atoms with Crippen molar-refractivity contribution in [3.05, 3.63) is 29.8 Å². The monoisotopic (exact) mass is 261 g/mol. The van der Waals surface area contributed by atoms with Crippen LogP contribution in [0, 0.1) is 12.8 Å². The average Bonchev–Trinajstić information content (AvgIpc) is 2.44. The van der Waals surface area contributed by atoms with Crippen LogP contribution in [0.3, 0.4) is 0 Å². The Kier molecular flexibility index (Phi) is 5.71. The first-order valence-corrected chi connectivity index (χ1v) is 7.70. The molecule has 0 spiro atoms. The van der Waals surface area contributed by atoms with Crippen molar-refractivity contribution in [2.45, 2.75) is 52.0 Å². The van der Waals surface area contributed by atoms with Crippen LogP contribution in [0.5, 0.6) is 5.75 Å². The molecule has 0 radical (unpaired) electrons. The SMILES string of the molecule is CCC1CCCC(NCCOc2cccc(C)c2)C1. The van der Waals surface area contributed by atoms with E-state index in [1.54, 1.807) is 0 Å². The lowest BCUT2D eigenvalue weighted by Gasteiger charge is -2.29. The van der Waals surface area contributed by atoms with Gasteiger partial charge in [-0.3, -0.25) is 0 Å². The Morgan fingerprint density at radius 3 is 3.00 bits per heavy atom. The van der Waals surface area contributed by atoms with Crippen LogP contribution in [0.2, 0.25) is 0 Å². The Bertz CT molecular complexity index is 377. The van der Waals surface area contributed by atoms with Crippen LogP contribution in [0.15, 0.2) is 24.3 Å². The minimum absolute atomic E-state index is 0.708. The molecule has 2 unspecified atom stereocenters. The smallest absolute Gasteiger partial charge is 0.119 e. The number of benzene rings is 1. The van der Waals surface area contributed by atoms with Gasteiger partial charge in [0.15, 0.2) is 0 Å².